The Balaban J connectivity index is 2.13. The third-order valence-electron chi connectivity index (χ3n) is 3.73. The molecule has 0 spiro atoms. The fourth-order valence-corrected chi connectivity index (χ4v) is 2.63. The van der Waals surface area contributed by atoms with Crippen molar-refractivity contribution < 1.29 is 4.74 Å². The molecule has 1 unspecified atom stereocenters. The van der Waals surface area contributed by atoms with Crippen LogP contribution < -0.4 is 10.2 Å². The molecule has 2 rings (SSSR count). The summed E-state index contributed by atoms with van der Waals surface area (Å²) in [6.07, 6.45) is 3.45. The third kappa shape index (κ3) is 4.15. The summed E-state index contributed by atoms with van der Waals surface area (Å²) in [5.74, 6) is 1.88. The van der Waals surface area contributed by atoms with Crippen molar-refractivity contribution in [2.24, 2.45) is 0 Å². The fourth-order valence-electron chi connectivity index (χ4n) is 2.63. The number of methoxy groups -OCH3 is 1. The van der Waals surface area contributed by atoms with Crippen LogP contribution >= 0.6 is 0 Å². The molecule has 0 bridgehead atoms. The van der Waals surface area contributed by atoms with Gasteiger partial charge in [-0.3, -0.25) is 0 Å². The molecule has 5 heteroatoms. The second-order valence-electron chi connectivity index (χ2n) is 5.35. The minimum absolute atomic E-state index is 0.562. The van der Waals surface area contributed by atoms with Crippen LogP contribution in [0.15, 0.2) is 6.07 Å². The molecule has 1 aromatic heterocycles. The minimum Gasteiger partial charge on any atom is -0.383 e. The lowest BCUT2D eigenvalue weighted by Gasteiger charge is -2.27. The van der Waals surface area contributed by atoms with Crippen molar-refractivity contribution in [3.05, 3.63) is 17.6 Å². The molecule has 0 aromatic carbocycles. The Kier molecular flexibility index (Phi) is 5.73. The van der Waals surface area contributed by atoms with Crippen molar-refractivity contribution in [3.8, 4) is 0 Å². The van der Waals surface area contributed by atoms with Crippen molar-refractivity contribution in [2.75, 3.05) is 38.3 Å². The van der Waals surface area contributed by atoms with Gasteiger partial charge in [-0.15, -0.1) is 0 Å². The normalized spacial score (nSPS) is 18.4. The number of aromatic nitrogens is 2. The number of aryl methyl sites for hydroxylation is 2. The van der Waals surface area contributed by atoms with E-state index in [-0.39, 0.29) is 0 Å². The van der Waals surface area contributed by atoms with Crippen molar-refractivity contribution in [3.63, 3.8) is 0 Å². The summed E-state index contributed by atoms with van der Waals surface area (Å²) >= 11 is 0. The van der Waals surface area contributed by atoms with Gasteiger partial charge >= 0.3 is 0 Å². The van der Waals surface area contributed by atoms with Gasteiger partial charge in [-0.2, -0.15) is 0 Å². The monoisotopic (exact) mass is 278 g/mol. The molecule has 1 aliphatic heterocycles. The van der Waals surface area contributed by atoms with Gasteiger partial charge in [0.2, 0.25) is 0 Å². The van der Waals surface area contributed by atoms with Gasteiger partial charge < -0.3 is 15.0 Å². The average Bonchev–Trinajstić information content (AvgIpc) is 2.95. The maximum absolute atomic E-state index is 5.24. The lowest BCUT2D eigenvalue weighted by molar-refractivity contribution is 0.204. The van der Waals surface area contributed by atoms with Gasteiger partial charge in [0.25, 0.3) is 0 Å². The van der Waals surface area contributed by atoms with E-state index in [1.54, 1.807) is 7.11 Å². The zero-order valence-corrected chi connectivity index (χ0v) is 12.9. The number of nitrogens with one attached hydrogen (secondary N) is 1. The van der Waals surface area contributed by atoms with Crippen LogP contribution in [0.3, 0.4) is 0 Å². The molecule has 0 aliphatic carbocycles. The fraction of sp³-hybridized carbons (Fsp3) is 0.733. The van der Waals surface area contributed by atoms with Crippen LogP contribution in [0.1, 0.15) is 31.3 Å². The predicted octanol–water partition coefficient (Wildman–Crippen LogP) is 1.55. The van der Waals surface area contributed by atoms with E-state index in [4.69, 9.17) is 4.74 Å². The maximum Gasteiger partial charge on any atom is 0.132 e. The van der Waals surface area contributed by atoms with E-state index < -0.39 is 0 Å². The summed E-state index contributed by atoms with van der Waals surface area (Å²) in [5, 5.41) is 3.55. The largest absolute Gasteiger partial charge is 0.383 e. The lowest BCUT2D eigenvalue weighted by atomic mass is 10.2. The Labute approximate surface area is 121 Å². The van der Waals surface area contributed by atoms with Gasteiger partial charge in [0.05, 0.1) is 6.61 Å². The van der Waals surface area contributed by atoms with Crippen molar-refractivity contribution in [2.45, 2.75) is 39.2 Å². The molecule has 0 amide bonds. The Morgan fingerprint density at radius 2 is 2.30 bits per heavy atom. The molecule has 1 saturated heterocycles. The summed E-state index contributed by atoms with van der Waals surface area (Å²) in [6.45, 7) is 7.80. The number of ether oxygens (including phenoxy) is 1. The second-order valence-corrected chi connectivity index (χ2v) is 5.35. The number of nitrogens with zero attached hydrogens (tertiary/aromatic N) is 3. The molecule has 5 nitrogen and oxygen atoms in total. The summed E-state index contributed by atoms with van der Waals surface area (Å²) in [5.41, 5.74) is 1.11. The molecule has 1 aliphatic rings. The Bertz CT molecular complexity index is 418. The van der Waals surface area contributed by atoms with Gasteiger partial charge in [-0.05, 0) is 32.7 Å². The standard InChI is InChI=1S/C15H26N4O/c1-4-13-10-15(18-12(2)17-13)19(8-9-20-3)11-14-6-5-7-16-14/h10,14,16H,4-9,11H2,1-3H3. The third-order valence-corrected chi connectivity index (χ3v) is 3.73. The highest BCUT2D eigenvalue weighted by molar-refractivity contribution is 5.40. The van der Waals surface area contributed by atoms with E-state index in [2.05, 4.69) is 33.2 Å². The Morgan fingerprint density at radius 3 is 2.95 bits per heavy atom. The molecule has 1 atom stereocenters. The highest BCUT2D eigenvalue weighted by Crippen LogP contribution is 2.16. The van der Waals surface area contributed by atoms with E-state index >= 15 is 0 Å². The number of hydrogen-bond acceptors (Lipinski definition) is 5. The molecule has 1 N–H and O–H groups in total. The van der Waals surface area contributed by atoms with Crippen molar-refractivity contribution in [1.82, 2.24) is 15.3 Å². The number of anilines is 1. The van der Waals surface area contributed by atoms with Crippen LogP contribution in [-0.2, 0) is 11.2 Å². The van der Waals surface area contributed by atoms with E-state index in [0.717, 1.165) is 50.0 Å². The SMILES string of the molecule is CCc1cc(N(CCOC)CC2CCCN2)nc(C)n1. The van der Waals surface area contributed by atoms with Crippen LogP contribution in [0.5, 0.6) is 0 Å². The van der Waals surface area contributed by atoms with Crippen molar-refractivity contribution >= 4 is 5.82 Å². The molecule has 2 heterocycles. The minimum atomic E-state index is 0.562. The van der Waals surface area contributed by atoms with E-state index in [1.165, 1.54) is 12.8 Å². The number of hydrogen-bond donors (Lipinski definition) is 1. The molecular weight excluding hydrogens is 252 g/mol. The summed E-state index contributed by atoms with van der Waals surface area (Å²) in [7, 11) is 1.74. The first-order valence-electron chi connectivity index (χ1n) is 7.54. The lowest BCUT2D eigenvalue weighted by Crippen LogP contribution is -2.39. The highest BCUT2D eigenvalue weighted by Gasteiger charge is 2.19. The van der Waals surface area contributed by atoms with Gasteiger partial charge in [0, 0.05) is 38.0 Å². The smallest absolute Gasteiger partial charge is 0.132 e. The molecule has 112 valence electrons. The molecule has 1 fully saturated rings. The van der Waals surface area contributed by atoms with Crippen LogP contribution in [0.4, 0.5) is 5.82 Å². The molecule has 20 heavy (non-hydrogen) atoms. The summed E-state index contributed by atoms with van der Waals surface area (Å²) in [4.78, 5) is 11.4. The zero-order chi connectivity index (χ0) is 14.4. The Morgan fingerprint density at radius 1 is 1.45 bits per heavy atom. The van der Waals surface area contributed by atoms with Gasteiger partial charge in [0.15, 0.2) is 0 Å². The van der Waals surface area contributed by atoms with Crippen LogP contribution in [0, 0.1) is 6.92 Å². The van der Waals surface area contributed by atoms with Gasteiger partial charge in [-0.25, -0.2) is 9.97 Å². The highest BCUT2D eigenvalue weighted by atomic mass is 16.5. The summed E-state index contributed by atoms with van der Waals surface area (Å²) in [6, 6.07) is 2.67. The molecule has 0 saturated carbocycles. The maximum atomic E-state index is 5.24. The first kappa shape index (κ1) is 15.2. The second kappa shape index (κ2) is 7.55. The van der Waals surface area contributed by atoms with E-state index in [9.17, 15) is 0 Å². The number of rotatable bonds is 7. The predicted molar refractivity (Wildman–Crippen MR) is 81.3 cm³/mol. The average molecular weight is 278 g/mol. The van der Waals surface area contributed by atoms with Gasteiger partial charge in [-0.1, -0.05) is 6.92 Å². The quantitative estimate of drug-likeness (QED) is 0.820. The van der Waals surface area contributed by atoms with Gasteiger partial charge in [0.1, 0.15) is 11.6 Å². The zero-order valence-electron chi connectivity index (χ0n) is 12.9. The topological polar surface area (TPSA) is 50.3 Å². The summed E-state index contributed by atoms with van der Waals surface area (Å²) < 4.78 is 5.24. The van der Waals surface area contributed by atoms with Crippen molar-refractivity contribution in [1.29, 1.82) is 0 Å². The Hall–Kier alpha value is -1.20. The molecule has 1 aromatic rings. The van der Waals surface area contributed by atoms with Crippen LogP contribution in [-0.4, -0.2) is 49.4 Å². The van der Waals surface area contributed by atoms with E-state index in [0.29, 0.717) is 6.04 Å². The van der Waals surface area contributed by atoms with E-state index in [1.807, 2.05) is 6.92 Å². The first-order valence-corrected chi connectivity index (χ1v) is 7.54. The van der Waals surface area contributed by atoms with Crippen LogP contribution in [0.25, 0.3) is 0 Å². The molecular formula is C15H26N4O. The van der Waals surface area contributed by atoms with Crippen LogP contribution in [0.2, 0.25) is 0 Å². The first-order chi connectivity index (χ1) is 9.72. The molecule has 0 radical (unpaired) electrons.